The average molecular weight is 454 g/mol. The lowest BCUT2D eigenvalue weighted by Crippen LogP contribution is -2.08. The first-order chi connectivity index (χ1) is 15.3. The molecule has 6 nitrogen and oxygen atoms in total. The van der Waals surface area contributed by atoms with Crippen LogP contribution in [-0.4, -0.2) is 17.3 Å². The molecule has 33 heavy (non-hydrogen) atoms. The van der Waals surface area contributed by atoms with Crippen LogP contribution in [-0.2, 0) is 4.79 Å². The Balaban J connectivity index is 0.00000332. The Morgan fingerprint density at radius 2 is 1.79 bits per heavy atom. The SMILES string of the molecule is C=C.C=C(/C=C(\C=C(\C)CN)C(=C)c1cc(N)ncc1N)C(=O)CCCC1CCCCC1.N. The Labute approximate surface area is 200 Å². The summed E-state index contributed by atoms with van der Waals surface area (Å²) in [6, 6.07) is 1.69. The first-order valence-electron chi connectivity index (χ1n) is 11.3. The van der Waals surface area contributed by atoms with Crippen molar-refractivity contribution >= 4 is 22.9 Å². The molecule has 0 saturated heterocycles. The van der Waals surface area contributed by atoms with Gasteiger partial charge in [0.1, 0.15) is 5.82 Å². The van der Waals surface area contributed by atoms with E-state index in [0.29, 0.717) is 41.2 Å². The minimum Gasteiger partial charge on any atom is -0.397 e. The van der Waals surface area contributed by atoms with Crippen LogP contribution in [0.3, 0.4) is 0 Å². The van der Waals surface area contributed by atoms with Gasteiger partial charge in [0.05, 0.1) is 11.9 Å². The predicted molar refractivity (Wildman–Crippen MR) is 144 cm³/mol. The van der Waals surface area contributed by atoms with Crippen molar-refractivity contribution in [2.24, 2.45) is 11.7 Å². The minimum atomic E-state index is 0. The number of nitrogens with zero attached hydrogens (tertiary/aromatic N) is 1. The van der Waals surface area contributed by atoms with Gasteiger partial charge in [-0.05, 0) is 42.6 Å². The summed E-state index contributed by atoms with van der Waals surface area (Å²) in [7, 11) is 0. The molecule has 0 amide bonds. The number of rotatable bonds is 10. The summed E-state index contributed by atoms with van der Waals surface area (Å²) in [5.41, 5.74) is 21.7. The number of pyridine rings is 1. The molecule has 9 N–H and O–H groups in total. The number of Topliss-reactive ketones (excluding diaryl/α,β-unsaturated/α-hetero) is 1. The molecule has 1 aromatic rings. The van der Waals surface area contributed by atoms with Gasteiger partial charge in [-0.15, -0.1) is 13.2 Å². The van der Waals surface area contributed by atoms with Crippen LogP contribution in [0.2, 0.25) is 0 Å². The maximum atomic E-state index is 12.7. The highest BCUT2D eigenvalue weighted by atomic mass is 16.1. The molecule has 0 aliphatic heterocycles. The third-order valence-corrected chi connectivity index (χ3v) is 5.78. The fraction of sp³-hybridized carbons (Fsp3) is 0.407. The smallest absolute Gasteiger partial charge is 0.162 e. The first kappa shape index (κ1) is 30.0. The van der Waals surface area contributed by atoms with Crippen LogP contribution < -0.4 is 23.4 Å². The molecule has 1 fully saturated rings. The van der Waals surface area contributed by atoms with Crippen molar-refractivity contribution in [1.29, 1.82) is 0 Å². The van der Waals surface area contributed by atoms with Crippen LogP contribution in [0.25, 0.3) is 5.57 Å². The molecule has 0 radical (unpaired) electrons. The maximum Gasteiger partial charge on any atom is 0.162 e. The van der Waals surface area contributed by atoms with E-state index >= 15 is 0 Å². The summed E-state index contributed by atoms with van der Waals surface area (Å²) in [6.45, 7) is 16.5. The van der Waals surface area contributed by atoms with Crippen LogP contribution in [0.4, 0.5) is 11.5 Å². The molecule has 182 valence electrons. The van der Waals surface area contributed by atoms with Gasteiger partial charge in [0.25, 0.3) is 0 Å². The lowest BCUT2D eigenvalue weighted by molar-refractivity contribution is -0.115. The van der Waals surface area contributed by atoms with E-state index < -0.39 is 0 Å². The van der Waals surface area contributed by atoms with Crippen LogP contribution in [0.1, 0.15) is 63.9 Å². The van der Waals surface area contributed by atoms with E-state index in [1.54, 1.807) is 12.1 Å². The van der Waals surface area contributed by atoms with Gasteiger partial charge in [0.15, 0.2) is 5.78 Å². The Morgan fingerprint density at radius 3 is 2.39 bits per heavy atom. The number of anilines is 2. The van der Waals surface area contributed by atoms with E-state index in [9.17, 15) is 4.79 Å². The molecule has 1 aliphatic rings. The number of allylic oxidation sites excluding steroid dienone is 5. The van der Waals surface area contributed by atoms with Crippen molar-refractivity contribution in [2.75, 3.05) is 18.0 Å². The van der Waals surface area contributed by atoms with Crippen LogP contribution in [0.5, 0.6) is 0 Å². The van der Waals surface area contributed by atoms with E-state index in [1.807, 2.05) is 13.0 Å². The third-order valence-electron chi connectivity index (χ3n) is 5.78. The largest absolute Gasteiger partial charge is 0.397 e. The van der Waals surface area contributed by atoms with E-state index in [4.69, 9.17) is 17.2 Å². The number of nitrogen functional groups attached to an aromatic ring is 2. The fourth-order valence-corrected chi connectivity index (χ4v) is 3.90. The van der Waals surface area contributed by atoms with Crippen LogP contribution in [0, 0.1) is 5.92 Å². The number of hydrogen-bond acceptors (Lipinski definition) is 6. The molecule has 1 heterocycles. The second kappa shape index (κ2) is 15.8. The minimum absolute atomic E-state index is 0. The Kier molecular flexibility index (Phi) is 14.4. The van der Waals surface area contributed by atoms with Gasteiger partial charge in [-0.25, -0.2) is 4.98 Å². The van der Waals surface area contributed by atoms with E-state index in [1.165, 1.54) is 38.3 Å². The summed E-state index contributed by atoms with van der Waals surface area (Å²) in [6.07, 6.45) is 14.4. The molecule has 2 rings (SSSR count). The normalized spacial score (nSPS) is 14.5. The maximum absolute atomic E-state index is 12.7. The number of hydrogen-bond donors (Lipinski definition) is 4. The van der Waals surface area contributed by atoms with Crippen molar-refractivity contribution in [2.45, 2.75) is 58.3 Å². The number of ketones is 1. The van der Waals surface area contributed by atoms with E-state index in [0.717, 1.165) is 29.9 Å². The van der Waals surface area contributed by atoms with Crippen molar-refractivity contribution in [3.8, 4) is 0 Å². The van der Waals surface area contributed by atoms with Crippen molar-refractivity contribution in [3.63, 3.8) is 0 Å². The second-order valence-electron chi connectivity index (χ2n) is 8.31. The summed E-state index contributed by atoms with van der Waals surface area (Å²) in [5, 5.41) is 0. The number of nitrogens with two attached hydrogens (primary N) is 3. The number of carbonyl (C=O) groups is 1. The summed E-state index contributed by atoms with van der Waals surface area (Å²) < 4.78 is 0. The zero-order chi connectivity index (χ0) is 24.1. The zero-order valence-electron chi connectivity index (χ0n) is 20.4. The lowest BCUT2D eigenvalue weighted by atomic mass is 9.85. The van der Waals surface area contributed by atoms with Gasteiger partial charge in [0.2, 0.25) is 0 Å². The van der Waals surface area contributed by atoms with Crippen LogP contribution >= 0.6 is 0 Å². The number of aromatic nitrogens is 1. The highest BCUT2D eigenvalue weighted by Crippen LogP contribution is 2.30. The molecule has 1 saturated carbocycles. The van der Waals surface area contributed by atoms with Crippen molar-refractivity contribution in [1.82, 2.24) is 11.1 Å². The summed E-state index contributed by atoms with van der Waals surface area (Å²) >= 11 is 0. The molecule has 1 aliphatic carbocycles. The molecule has 0 unspecified atom stereocenters. The highest BCUT2D eigenvalue weighted by molar-refractivity contribution is 5.99. The topological polar surface area (TPSA) is 143 Å². The quantitative estimate of drug-likeness (QED) is 0.196. The Bertz CT molecular complexity index is 863. The molecule has 0 atom stereocenters. The average Bonchev–Trinajstić information content (AvgIpc) is 2.81. The zero-order valence-corrected chi connectivity index (χ0v) is 20.4. The van der Waals surface area contributed by atoms with Crippen LogP contribution in [0.15, 0.2) is 67.5 Å². The lowest BCUT2D eigenvalue weighted by Gasteiger charge is -2.21. The number of carbonyl (C=O) groups excluding carboxylic acids is 1. The molecule has 1 aromatic heterocycles. The molecule has 0 bridgehead atoms. The van der Waals surface area contributed by atoms with E-state index in [2.05, 4.69) is 31.3 Å². The van der Waals surface area contributed by atoms with Gasteiger partial charge in [0, 0.05) is 24.1 Å². The standard InChI is InChI=1S/C25H36N4O.C2H4.H3N/c1-17(15-26)12-21(19(3)22-14-25(28)29-16-23(22)27)13-18(2)24(30)11-7-10-20-8-5-4-6-9-20;1-2;/h12-14,16,20H,2-11,15,26-27H2,1H3,(H2,28,29);1-2H2;1H3/b17-12-,21-13+;;. The Morgan fingerprint density at radius 1 is 1.15 bits per heavy atom. The fourth-order valence-electron chi connectivity index (χ4n) is 3.90. The van der Waals surface area contributed by atoms with Gasteiger partial charge in [-0.1, -0.05) is 63.3 Å². The molecular weight excluding hydrogens is 410 g/mol. The molecule has 6 heteroatoms. The molecular formula is C27H43N5O. The second-order valence-corrected chi connectivity index (χ2v) is 8.31. The molecule has 0 spiro atoms. The van der Waals surface area contributed by atoms with E-state index in [-0.39, 0.29) is 11.9 Å². The monoisotopic (exact) mass is 453 g/mol. The highest BCUT2D eigenvalue weighted by Gasteiger charge is 2.15. The third kappa shape index (κ3) is 10.0. The molecule has 0 aromatic carbocycles. The summed E-state index contributed by atoms with van der Waals surface area (Å²) in [5.74, 6) is 1.20. The van der Waals surface area contributed by atoms with Gasteiger partial charge >= 0.3 is 0 Å². The Hall–Kier alpha value is -2.96. The van der Waals surface area contributed by atoms with Gasteiger partial charge in [-0.3, -0.25) is 4.79 Å². The first-order valence-corrected chi connectivity index (χ1v) is 11.3. The summed E-state index contributed by atoms with van der Waals surface area (Å²) in [4.78, 5) is 16.7. The van der Waals surface area contributed by atoms with Gasteiger partial charge in [-0.2, -0.15) is 0 Å². The predicted octanol–water partition coefficient (Wildman–Crippen LogP) is 5.93. The van der Waals surface area contributed by atoms with Gasteiger partial charge < -0.3 is 23.4 Å². The van der Waals surface area contributed by atoms with Crippen molar-refractivity contribution < 1.29 is 4.79 Å². The van der Waals surface area contributed by atoms with Crippen molar-refractivity contribution in [3.05, 3.63) is 73.0 Å².